The fourth-order valence-electron chi connectivity index (χ4n) is 2.23. The van der Waals surface area contributed by atoms with Crippen LogP contribution in [0.5, 0.6) is 5.75 Å². The molecule has 2 N–H and O–H groups in total. The van der Waals surface area contributed by atoms with Crippen molar-refractivity contribution in [3.05, 3.63) is 58.1 Å². The predicted molar refractivity (Wildman–Crippen MR) is 102 cm³/mol. The van der Waals surface area contributed by atoms with Crippen LogP contribution in [0, 0.1) is 13.8 Å². The molecule has 3 nitrogen and oxygen atoms in total. The lowest BCUT2D eigenvalue weighted by atomic mass is 10.0. The Hall–Kier alpha value is -1.78. The van der Waals surface area contributed by atoms with Gasteiger partial charge in [-0.15, -0.1) is 0 Å². The van der Waals surface area contributed by atoms with Crippen LogP contribution in [0.4, 0.5) is 5.69 Å². The van der Waals surface area contributed by atoms with Crippen LogP contribution in [0.1, 0.15) is 29.7 Å². The fourth-order valence-corrected chi connectivity index (χ4v) is 2.78. The first kappa shape index (κ1) is 17.6. The molecule has 0 aliphatic carbocycles. The average Bonchev–Trinajstić information content (AvgIpc) is 2.50. The summed E-state index contributed by atoms with van der Waals surface area (Å²) in [7, 11) is 1.59. The number of aryl methyl sites for hydroxylation is 2. The molecule has 1 atom stereocenters. The van der Waals surface area contributed by atoms with Gasteiger partial charge in [-0.2, -0.15) is 0 Å². The van der Waals surface area contributed by atoms with E-state index < -0.39 is 0 Å². The summed E-state index contributed by atoms with van der Waals surface area (Å²) in [6.45, 7) is 6.30. The van der Waals surface area contributed by atoms with E-state index in [2.05, 4.69) is 49.6 Å². The van der Waals surface area contributed by atoms with E-state index in [1.165, 1.54) is 16.7 Å². The molecule has 0 heterocycles. The molecular weight excluding hydrogens is 328 g/mol. The molecule has 0 bridgehead atoms. The van der Waals surface area contributed by atoms with Crippen LogP contribution in [0.25, 0.3) is 0 Å². The van der Waals surface area contributed by atoms with Gasteiger partial charge in [-0.25, -0.2) is 0 Å². The van der Waals surface area contributed by atoms with Gasteiger partial charge in [0.25, 0.3) is 0 Å². The normalized spacial score (nSPS) is 11.7. The minimum absolute atomic E-state index is 0.114. The summed E-state index contributed by atoms with van der Waals surface area (Å²) in [5.41, 5.74) is 4.58. The number of rotatable bonds is 4. The van der Waals surface area contributed by atoms with E-state index in [1.807, 2.05) is 6.07 Å². The standard InChI is InChI=1S/C18H21ClN2OS/c1-11-5-6-14(9-12(11)2)13(3)20-18(23)21-15-7-8-17(22-4)16(19)10-15/h5-10,13H,1-4H3,(H2,20,21,23)/t13-/m0/s1. The molecule has 0 fully saturated rings. The highest BCUT2D eigenvalue weighted by Crippen LogP contribution is 2.27. The first-order valence-electron chi connectivity index (χ1n) is 7.39. The van der Waals surface area contributed by atoms with Gasteiger partial charge in [0.1, 0.15) is 5.75 Å². The van der Waals surface area contributed by atoms with E-state index in [1.54, 1.807) is 19.2 Å². The zero-order chi connectivity index (χ0) is 17.0. The van der Waals surface area contributed by atoms with E-state index in [9.17, 15) is 0 Å². The van der Waals surface area contributed by atoms with E-state index >= 15 is 0 Å². The van der Waals surface area contributed by atoms with Crippen LogP contribution in [-0.4, -0.2) is 12.2 Å². The van der Waals surface area contributed by atoms with Crippen molar-refractivity contribution in [2.45, 2.75) is 26.8 Å². The van der Waals surface area contributed by atoms with E-state index in [0.29, 0.717) is 15.9 Å². The number of thiocarbonyl (C=S) groups is 1. The van der Waals surface area contributed by atoms with Crippen molar-refractivity contribution in [1.82, 2.24) is 5.32 Å². The number of nitrogens with one attached hydrogen (secondary N) is 2. The van der Waals surface area contributed by atoms with Crippen molar-refractivity contribution in [2.24, 2.45) is 0 Å². The highest BCUT2D eigenvalue weighted by Gasteiger charge is 2.09. The van der Waals surface area contributed by atoms with Crippen LogP contribution >= 0.6 is 23.8 Å². The summed E-state index contributed by atoms with van der Waals surface area (Å²) in [6, 6.07) is 12.0. The first-order chi connectivity index (χ1) is 10.9. The Morgan fingerprint density at radius 2 is 1.87 bits per heavy atom. The van der Waals surface area contributed by atoms with E-state index in [0.717, 1.165) is 5.69 Å². The maximum absolute atomic E-state index is 6.12. The summed E-state index contributed by atoms with van der Waals surface area (Å²) in [6.07, 6.45) is 0. The Labute approximate surface area is 148 Å². The third-order valence-corrected chi connectivity index (χ3v) is 4.30. The minimum Gasteiger partial charge on any atom is -0.495 e. The molecule has 0 saturated carbocycles. The zero-order valence-corrected chi connectivity index (χ0v) is 15.3. The van der Waals surface area contributed by atoms with Crippen LogP contribution in [0.3, 0.4) is 0 Å². The third kappa shape index (κ3) is 4.60. The highest BCUT2D eigenvalue weighted by atomic mass is 35.5. The van der Waals surface area contributed by atoms with Crippen molar-refractivity contribution in [2.75, 3.05) is 12.4 Å². The number of benzene rings is 2. The summed E-state index contributed by atoms with van der Waals surface area (Å²) in [4.78, 5) is 0. The monoisotopic (exact) mass is 348 g/mol. The number of halogens is 1. The molecule has 0 amide bonds. The van der Waals surface area contributed by atoms with Crippen LogP contribution in [0.2, 0.25) is 5.02 Å². The molecule has 23 heavy (non-hydrogen) atoms. The Kier molecular flexibility index (Phi) is 5.85. The maximum atomic E-state index is 6.12. The third-order valence-electron chi connectivity index (χ3n) is 3.79. The van der Waals surface area contributed by atoms with Gasteiger partial charge >= 0.3 is 0 Å². The van der Waals surface area contributed by atoms with Gasteiger partial charge < -0.3 is 15.4 Å². The van der Waals surface area contributed by atoms with Crippen molar-refractivity contribution in [3.8, 4) is 5.75 Å². The lowest BCUT2D eigenvalue weighted by Gasteiger charge is -2.18. The van der Waals surface area contributed by atoms with Gasteiger partial charge in [-0.05, 0) is 67.9 Å². The molecule has 0 aliphatic rings. The average molecular weight is 349 g/mol. The minimum atomic E-state index is 0.114. The molecule has 2 rings (SSSR count). The largest absolute Gasteiger partial charge is 0.495 e. The van der Waals surface area contributed by atoms with Gasteiger partial charge in [-0.1, -0.05) is 29.8 Å². The molecule has 5 heteroatoms. The molecule has 0 spiro atoms. The molecular formula is C18H21ClN2OS. The number of ether oxygens (including phenoxy) is 1. The number of anilines is 1. The maximum Gasteiger partial charge on any atom is 0.171 e. The quantitative estimate of drug-likeness (QED) is 0.761. The predicted octanol–water partition coefficient (Wildman–Crippen LogP) is 5.01. The summed E-state index contributed by atoms with van der Waals surface area (Å²) in [5.74, 6) is 0.639. The number of methoxy groups -OCH3 is 1. The van der Waals surface area contributed by atoms with Crippen LogP contribution in [0.15, 0.2) is 36.4 Å². The SMILES string of the molecule is COc1ccc(NC(=S)N[C@@H](C)c2ccc(C)c(C)c2)cc1Cl. The lowest BCUT2D eigenvalue weighted by molar-refractivity contribution is 0.415. The first-order valence-corrected chi connectivity index (χ1v) is 8.17. The molecule has 0 unspecified atom stereocenters. The number of hydrogen-bond acceptors (Lipinski definition) is 2. The van der Waals surface area contributed by atoms with Gasteiger partial charge in [0.2, 0.25) is 0 Å². The van der Waals surface area contributed by atoms with Crippen molar-refractivity contribution in [3.63, 3.8) is 0 Å². The molecule has 0 radical (unpaired) electrons. The van der Waals surface area contributed by atoms with Gasteiger partial charge in [0, 0.05) is 5.69 Å². The summed E-state index contributed by atoms with van der Waals surface area (Å²) >= 11 is 11.5. The summed E-state index contributed by atoms with van der Waals surface area (Å²) in [5, 5.41) is 7.52. The second-order valence-electron chi connectivity index (χ2n) is 5.51. The highest BCUT2D eigenvalue weighted by molar-refractivity contribution is 7.80. The molecule has 2 aromatic rings. The zero-order valence-electron chi connectivity index (χ0n) is 13.7. The Bertz CT molecular complexity index is 718. The van der Waals surface area contributed by atoms with Gasteiger partial charge in [0.15, 0.2) is 5.11 Å². The van der Waals surface area contributed by atoms with E-state index in [4.69, 9.17) is 28.6 Å². The van der Waals surface area contributed by atoms with E-state index in [-0.39, 0.29) is 6.04 Å². The van der Waals surface area contributed by atoms with Crippen molar-refractivity contribution < 1.29 is 4.74 Å². The van der Waals surface area contributed by atoms with Crippen molar-refractivity contribution >= 4 is 34.6 Å². The summed E-state index contributed by atoms with van der Waals surface area (Å²) < 4.78 is 5.14. The Morgan fingerprint density at radius 1 is 1.13 bits per heavy atom. The van der Waals surface area contributed by atoms with Crippen LogP contribution < -0.4 is 15.4 Å². The fraction of sp³-hybridized carbons (Fsp3) is 0.278. The van der Waals surface area contributed by atoms with Crippen LogP contribution in [-0.2, 0) is 0 Å². The topological polar surface area (TPSA) is 33.3 Å². The van der Waals surface area contributed by atoms with Crippen molar-refractivity contribution in [1.29, 1.82) is 0 Å². The number of hydrogen-bond donors (Lipinski definition) is 2. The molecule has 122 valence electrons. The van der Waals surface area contributed by atoms with Gasteiger partial charge in [0.05, 0.1) is 18.2 Å². The second-order valence-corrected chi connectivity index (χ2v) is 6.33. The molecule has 0 aromatic heterocycles. The molecule has 0 aliphatic heterocycles. The second kappa shape index (κ2) is 7.66. The smallest absolute Gasteiger partial charge is 0.171 e. The Morgan fingerprint density at radius 3 is 2.48 bits per heavy atom. The van der Waals surface area contributed by atoms with Gasteiger partial charge in [-0.3, -0.25) is 0 Å². The lowest BCUT2D eigenvalue weighted by Crippen LogP contribution is -2.30. The molecule has 0 saturated heterocycles. The Balaban J connectivity index is 2.01. The molecule has 2 aromatic carbocycles.